The molecule has 0 bridgehead atoms. The van der Waals surface area contributed by atoms with Gasteiger partial charge in [0.2, 0.25) is 0 Å². The first kappa shape index (κ1) is 13.3. The fraction of sp³-hybridized carbons (Fsp3) is 0.429. The van der Waals surface area contributed by atoms with Gasteiger partial charge in [0.1, 0.15) is 0 Å². The Kier molecular flexibility index (Phi) is 5.58. The van der Waals surface area contributed by atoms with Crippen LogP contribution in [0.25, 0.3) is 0 Å². The number of hydrogen-bond donors (Lipinski definition) is 1. The molecule has 0 radical (unpaired) electrons. The zero-order valence-corrected chi connectivity index (χ0v) is 11.0. The maximum absolute atomic E-state index is 6.01. The van der Waals surface area contributed by atoms with E-state index in [0.29, 0.717) is 0 Å². The first-order chi connectivity index (χ1) is 7.63. The third-order valence-electron chi connectivity index (χ3n) is 2.32. The molecule has 0 aliphatic rings. The van der Waals surface area contributed by atoms with Crippen molar-refractivity contribution in [2.45, 2.75) is 33.2 Å². The van der Waals surface area contributed by atoms with Gasteiger partial charge in [-0.05, 0) is 44.5 Å². The first-order valence-electron chi connectivity index (χ1n) is 5.77. The molecule has 0 saturated heterocycles. The summed E-state index contributed by atoms with van der Waals surface area (Å²) in [6, 6.07) is 8.30. The standard InChI is InChI=1S/C14H20ClN/c1-4-8-16-14(9-11(2)3)12-6-5-7-13(15)10-12/h5-7,9-10,14,16H,4,8H2,1-3H3. The molecule has 0 fully saturated rings. The average Bonchev–Trinajstić information content (AvgIpc) is 2.23. The van der Waals surface area contributed by atoms with Gasteiger partial charge in [0, 0.05) is 5.02 Å². The van der Waals surface area contributed by atoms with Crippen LogP contribution in [0.2, 0.25) is 5.02 Å². The summed E-state index contributed by atoms with van der Waals surface area (Å²) >= 11 is 6.01. The summed E-state index contributed by atoms with van der Waals surface area (Å²) < 4.78 is 0. The van der Waals surface area contributed by atoms with Crippen LogP contribution in [0.15, 0.2) is 35.9 Å². The molecule has 1 N–H and O–H groups in total. The summed E-state index contributed by atoms with van der Waals surface area (Å²) in [7, 11) is 0. The maximum Gasteiger partial charge on any atom is 0.0509 e. The van der Waals surface area contributed by atoms with Gasteiger partial charge in [0.15, 0.2) is 0 Å². The van der Waals surface area contributed by atoms with Gasteiger partial charge >= 0.3 is 0 Å². The van der Waals surface area contributed by atoms with Crippen LogP contribution in [-0.4, -0.2) is 6.54 Å². The quantitative estimate of drug-likeness (QED) is 0.751. The van der Waals surface area contributed by atoms with Crippen molar-refractivity contribution in [2.75, 3.05) is 6.54 Å². The Morgan fingerprint density at radius 2 is 2.19 bits per heavy atom. The number of hydrogen-bond acceptors (Lipinski definition) is 1. The van der Waals surface area contributed by atoms with E-state index in [9.17, 15) is 0 Å². The highest BCUT2D eigenvalue weighted by atomic mass is 35.5. The molecule has 0 heterocycles. The highest BCUT2D eigenvalue weighted by Gasteiger charge is 2.07. The molecule has 88 valence electrons. The average molecular weight is 238 g/mol. The predicted octanol–water partition coefficient (Wildman–Crippen LogP) is 4.35. The molecule has 16 heavy (non-hydrogen) atoms. The summed E-state index contributed by atoms with van der Waals surface area (Å²) in [5, 5.41) is 4.30. The van der Waals surface area contributed by atoms with E-state index in [1.807, 2.05) is 18.2 Å². The van der Waals surface area contributed by atoms with E-state index in [-0.39, 0.29) is 6.04 Å². The van der Waals surface area contributed by atoms with Gasteiger partial charge in [-0.3, -0.25) is 0 Å². The van der Waals surface area contributed by atoms with Crippen LogP contribution < -0.4 is 5.32 Å². The Morgan fingerprint density at radius 1 is 1.44 bits per heavy atom. The smallest absolute Gasteiger partial charge is 0.0509 e. The fourth-order valence-electron chi connectivity index (χ4n) is 1.61. The molecule has 1 aromatic carbocycles. The normalized spacial score (nSPS) is 12.2. The second kappa shape index (κ2) is 6.72. The molecule has 1 unspecified atom stereocenters. The highest BCUT2D eigenvalue weighted by molar-refractivity contribution is 6.30. The number of nitrogens with one attached hydrogen (secondary N) is 1. The third kappa shape index (κ3) is 4.38. The van der Waals surface area contributed by atoms with Crippen LogP contribution in [0.5, 0.6) is 0 Å². The topological polar surface area (TPSA) is 12.0 Å². The third-order valence-corrected chi connectivity index (χ3v) is 2.56. The van der Waals surface area contributed by atoms with E-state index >= 15 is 0 Å². The molecular formula is C14H20ClN. The van der Waals surface area contributed by atoms with Crippen molar-refractivity contribution in [1.29, 1.82) is 0 Å². The predicted molar refractivity (Wildman–Crippen MR) is 71.9 cm³/mol. The Bertz CT molecular complexity index is 354. The van der Waals surface area contributed by atoms with Crippen molar-refractivity contribution in [2.24, 2.45) is 0 Å². The van der Waals surface area contributed by atoms with Crippen molar-refractivity contribution in [3.05, 3.63) is 46.5 Å². The summed E-state index contributed by atoms with van der Waals surface area (Å²) in [5.41, 5.74) is 2.54. The van der Waals surface area contributed by atoms with E-state index in [1.165, 1.54) is 11.1 Å². The largest absolute Gasteiger partial charge is 0.307 e. The number of benzene rings is 1. The van der Waals surface area contributed by atoms with Gasteiger partial charge in [0.25, 0.3) is 0 Å². The van der Waals surface area contributed by atoms with Gasteiger partial charge in [-0.25, -0.2) is 0 Å². The van der Waals surface area contributed by atoms with Gasteiger partial charge in [-0.2, -0.15) is 0 Å². The minimum absolute atomic E-state index is 0.267. The second-order valence-corrected chi connectivity index (χ2v) is 4.67. The Labute approximate surface area is 104 Å². The van der Waals surface area contributed by atoms with Crippen LogP contribution in [0.1, 0.15) is 38.8 Å². The molecular weight excluding hydrogens is 218 g/mol. The van der Waals surface area contributed by atoms with Crippen molar-refractivity contribution in [1.82, 2.24) is 5.32 Å². The minimum atomic E-state index is 0.267. The van der Waals surface area contributed by atoms with Crippen LogP contribution in [-0.2, 0) is 0 Å². The summed E-state index contributed by atoms with van der Waals surface area (Å²) in [4.78, 5) is 0. The van der Waals surface area contributed by atoms with Crippen LogP contribution >= 0.6 is 11.6 Å². The van der Waals surface area contributed by atoms with E-state index in [0.717, 1.165) is 18.0 Å². The van der Waals surface area contributed by atoms with Gasteiger partial charge in [-0.1, -0.05) is 42.3 Å². The molecule has 0 saturated carbocycles. The Balaban J connectivity index is 2.87. The number of rotatable bonds is 5. The molecule has 1 nitrogen and oxygen atoms in total. The zero-order valence-electron chi connectivity index (χ0n) is 10.3. The molecule has 0 aromatic heterocycles. The van der Waals surface area contributed by atoms with E-state index in [1.54, 1.807) is 0 Å². The van der Waals surface area contributed by atoms with Crippen molar-refractivity contribution in [3.63, 3.8) is 0 Å². The molecule has 1 aromatic rings. The molecule has 0 aliphatic carbocycles. The highest BCUT2D eigenvalue weighted by Crippen LogP contribution is 2.20. The van der Waals surface area contributed by atoms with Crippen LogP contribution in [0, 0.1) is 0 Å². The van der Waals surface area contributed by atoms with Gasteiger partial charge in [-0.15, -0.1) is 0 Å². The molecule has 1 atom stereocenters. The molecule has 2 heteroatoms. The van der Waals surface area contributed by atoms with Crippen molar-refractivity contribution in [3.8, 4) is 0 Å². The Hall–Kier alpha value is -0.790. The van der Waals surface area contributed by atoms with Gasteiger partial charge < -0.3 is 5.32 Å². The van der Waals surface area contributed by atoms with Gasteiger partial charge in [0.05, 0.1) is 6.04 Å². The lowest BCUT2D eigenvalue weighted by molar-refractivity contribution is 0.610. The SMILES string of the molecule is CCCNC(C=C(C)C)c1cccc(Cl)c1. The zero-order chi connectivity index (χ0) is 12.0. The Morgan fingerprint density at radius 3 is 2.75 bits per heavy atom. The van der Waals surface area contributed by atoms with Crippen LogP contribution in [0.4, 0.5) is 0 Å². The van der Waals surface area contributed by atoms with E-state index < -0.39 is 0 Å². The molecule has 0 spiro atoms. The first-order valence-corrected chi connectivity index (χ1v) is 6.15. The fourth-order valence-corrected chi connectivity index (χ4v) is 1.80. The summed E-state index contributed by atoms with van der Waals surface area (Å²) in [6.45, 7) is 7.42. The minimum Gasteiger partial charge on any atom is -0.307 e. The molecule has 0 aliphatic heterocycles. The molecule has 1 rings (SSSR count). The van der Waals surface area contributed by atoms with Crippen molar-refractivity contribution >= 4 is 11.6 Å². The van der Waals surface area contributed by atoms with E-state index in [4.69, 9.17) is 11.6 Å². The lowest BCUT2D eigenvalue weighted by Crippen LogP contribution is -2.20. The maximum atomic E-state index is 6.01. The number of allylic oxidation sites excluding steroid dienone is 1. The van der Waals surface area contributed by atoms with Crippen LogP contribution in [0.3, 0.4) is 0 Å². The monoisotopic (exact) mass is 237 g/mol. The summed E-state index contributed by atoms with van der Waals surface area (Å²) in [6.07, 6.45) is 3.37. The molecule has 0 amide bonds. The lowest BCUT2D eigenvalue weighted by atomic mass is 10.0. The number of halogens is 1. The lowest BCUT2D eigenvalue weighted by Gasteiger charge is -2.16. The van der Waals surface area contributed by atoms with Crippen molar-refractivity contribution < 1.29 is 0 Å². The summed E-state index contributed by atoms with van der Waals surface area (Å²) in [5.74, 6) is 0. The second-order valence-electron chi connectivity index (χ2n) is 4.23. The van der Waals surface area contributed by atoms with E-state index in [2.05, 4.69) is 38.2 Å².